The Balaban J connectivity index is 1.98. The monoisotopic (exact) mass is 382 g/mol. The number of hydrogen-bond acceptors (Lipinski definition) is 5. The summed E-state index contributed by atoms with van der Waals surface area (Å²) in [6.07, 6.45) is 0. The molecule has 0 radical (unpaired) electrons. The second kappa shape index (κ2) is 5.84. The number of benzene rings is 1. The summed E-state index contributed by atoms with van der Waals surface area (Å²) in [6.45, 7) is 9.53. The molecule has 0 bridgehead atoms. The lowest BCUT2D eigenvalue weighted by atomic mass is 9.85. The van der Waals surface area contributed by atoms with Crippen LogP contribution in [0.2, 0.25) is 5.15 Å². The van der Waals surface area contributed by atoms with Crippen molar-refractivity contribution >= 4 is 34.3 Å². The molecule has 2 aromatic rings. The van der Waals surface area contributed by atoms with E-state index >= 15 is 0 Å². The second-order valence-electron chi connectivity index (χ2n) is 7.14. The fraction of sp³-hybridized carbons (Fsp3) is 0.438. The van der Waals surface area contributed by atoms with E-state index in [1.165, 1.54) is 18.2 Å². The summed E-state index contributed by atoms with van der Waals surface area (Å²) in [6, 6.07) is 7.95. The summed E-state index contributed by atoms with van der Waals surface area (Å²) in [7, 11) is -4.67. The third-order valence-corrected chi connectivity index (χ3v) is 6.67. The molecule has 1 saturated heterocycles. The molecule has 0 saturated carbocycles. The molecule has 0 unspecified atom stereocenters. The Morgan fingerprint density at radius 2 is 1.60 bits per heavy atom. The molecule has 25 heavy (non-hydrogen) atoms. The Kier molecular flexibility index (Phi) is 4.31. The van der Waals surface area contributed by atoms with Crippen LogP contribution in [0.15, 0.2) is 35.2 Å². The van der Waals surface area contributed by atoms with Gasteiger partial charge in [0.2, 0.25) is 0 Å². The average molecular weight is 383 g/mol. The lowest BCUT2D eigenvalue weighted by Crippen LogP contribution is -2.41. The maximum Gasteiger partial charge on any atom is 0.516 e. The van der Waals surface area contributed by atoms with E-state index < -0.39 is 28.3 Å². The van der Waals surface area contributed by atoms with Gasteiger partial charge in [0.05, 0.1) is 21.7 Å². The van der Waals surface area contributed by atoms with Crippen molar-refractivity contribution in [3.63, 3.8) is 0 Å². The number of hydrogen-bond donors (Lipinski definition) is 0. The fourth-order valence-electron chi connectivity index (χ4n) is 2.42. The van der Waals surface area contributed by atoms with E-state index in [4.69, 9.17) is 20.9 Å². The van der Waals surface area contributed by atoms with Gasteiger partial charge in [0.1, 0.15) is 5.15 Å². The molecule has 0 atom stereocenters. The van der Waals surface area contributed by atoms with Crippen LogP contribution in [0, 0.1) is 6.92 Å². The summed E-state index contributed by atoms with van der Waals surface area (Å²) in [5.74, 6) is 0. The highest BCUT2D eigenvalue weighted by Crippen LogP contribution is 2.36. The van der Waals surface area contributed by atoms with Gasteiger partial charge in [-0.3, -0.25) is 0 Å². The Hall–Kier alpha value is -1.35. The minimum Gasteiger partial charge on any atom is -0.398 e. The van der Waals surface area contributed by atoms with Crippen molar-refractivity contribution in [3.8, 4) is 0 Å². The van der Waals surface area contributed by atoms with E-state index in [0.717, 1.165) is 9.65 Å². The quantitative estimate of drug-likeness (QED) is 0.762. The van der Waals surface area contributed by atoms with Crippen LogP contribution in [-0.2, 0) is 19.3 Å². The van der Waals surface area contributed by atoms with E-state index in [-0.39, 0.29) is 10.0 Å². The van der Waals surface area contributed by atoms with Gasteiger partial charge in [0, 0.05) is 0 Å². The first-order valence-corrected chi connectivity index (χ1v) is 9.69. The highest BCUT2D eigenvalue weighted by atomic mass is 35.5. The molecule has 1 aromatic carbocycles. The molecule has 1 fully saturated rings. The molecule has 3 rings (SSSR count). The fourth-order valence-corrected chi connectivity index (χ4v) is 4.00. The third kappa shape index (κ3) is 3.12. The largest absolute Gasteiger partial charge is 0.516 e. The van der Waals surface area contributed by atoms with Crippen molar-refractivity contribution in [2.24, 2.45) is 0 Å². The highest BCUT2D eigenvalue weighted by Gasteiger charge is 2.53. The van der Waals surface area contributed by atoms with Gasteiger partial charge in [-0.1, -0.05) is 29.3 Å². The summed E-state index contributed by atoms with van der Waals surface area (Å²) in [5, 5.41) is 4.12. The van der Waals surface area contributed by atoms with Gasteiger partial charge in [-0.25, -0.2) is 0 Å². The predicted octanol–water partition coefficient (Wildman–Crippen LogP) is 2.38. The van der Waals surface area contributed by atoms with Gasteiger partial charge in [-0.05, 0) is 52.8 Å². The van der Waals surface area contributed by atoms with Crippen LogP contribution in [0.1, 0.15) is 33.3 Å². The zero-order valence-corrected chi connectivity index (χ0v) is 16.4. The molecular formula is C16H20BClN2O4S. The van der Waals surface area contributed by atoms with Crippen molar-refractivity contribution in [2.75, 3.05) is 0 Å². The summed E-state index contributed by atoms with van der Waals surface area (Å²) >= 11 is 6.14. The molecular weight excluding hydrogens is 363 g/mol. The molecule has 0 amide bonds. The predicted molar refractivity (Wildman–Crippen MR) is 96.7 cm³/mol. The first-order chi connectivity index (χ1) is 11.4. The molecule has 1 aliphatic heterocycles. The molecule has 134 valence electrons. The van der Waals surface area contributed by atoms with Crippen LogP contribution in [0.25, 0.3) is 0 Å². The van der Waals surface area contributed by atoms with Crippen molar-refractivity contribution in [3.05, 3.63) is 41.0 Å². The first kappa shape index (κ1) is 18.4. The minimum atomic E-state index is -3.89. The molecule has 0 spiro atoms. The highest BCUT2D eigenvalue weighted by molar-refractivity contribution is 7.90. The molecule has 9 heteroatoms. The summed E-state index contributed by atoms with van der Waals surface area (Å²) < 4.78 is 38.2. The van der Waals surface area contributed by atoms with E-state index in [2.05, 4.69) is 5.10 Å². The average Bonchev–Trinajstić information content (AvgIpc) is 2.98. The van der Waals surface area contributed by atoms with Crippen molar-refractivity contribution in [1.29, 1.82) is 0 Å². The van der Waals surface area contributed by atoms with Crippen LogP contribution in [0.5, 0.6) is 0 Å². The smallest absolute Gasteiger partial charge is 0.398 e. The van der Waals surface area contributed by atoms with Gasteiger partial charge < -0.3 is 9.31 Å². The number of nitrogens with zero attached hydrogens (tertiary/aromatic N) is 2. The van der Waals surface area contributed by atoms with Crippen LogP contribution in [0.3, 0.4) is 0 Å². The second-order valence-corrected chi connectivity index (χ2v) is 9.30. The Morgan fingerprint density at radius 3 is 2.12 bits per heavy atom. The Bertz CT molecular complexity index is 891. The molecule has 6 nitrogen and oxygen atoms in total. The number of halogens is 1. The standard InChI is InChI=1S/C16H20BClN2O4S/c1-11-6-8-12(9-7-11)25(21,22)20-14(18)10-13(19-20)17-23-15(2,3)16(4,5)24-17/h6-10H,1-5H3. The zero-order chi connectivity index (χ0) is 18.6. The maximum absolute atomic E-state index is 12.8. The van der Waals surface area contributed by atoms with Gasteiger partial charge in [0.25, 0.3) is 10.0 Å². The minimum absolute atomic E-state index is 0.0229. The van der Waals surface area contributed by atoms with Gasteiger partial charge in [-0.15, -0.1) is 4.09 Å². The maximum atomic E-state index is 12.8. The number of rotatable bonds is 3. The van der Waals surface area contributed by atoms with Crippen molar-refractivity contribution in [2.45, 2.75) is 50.7 Å². The van der Waals surface area contributed by atoms with Crippen LogP contribution >= 0.6 is 11.6 Å². The topological polar surface area (TPSA) is 70.4 Å². The van der Waals surface area contributed by atoms with E-state index in [1.54, 1.807) is 12.1 Å². The van der Waals surface area contributed by atoms with Crippen molar-refractivity contribution < 1.29 is 17.7 Å². The Labute approximate surface area is 153 Å². The third-order valence-electron chi connectivity index (χ3n) is 4.70. The SMILES string of the molecule is Cc1ccc(S(=O)(=O)n2nc(B3OC(C)(C)C(C)(C)O3)cc2Cl)cc1. The molecule has 1 aliphatic rings. The molecule has 0 N–H and O–H groups in total. The molecule has 2 heterocycles. The van der Waals surface area contributed by atoms with E-state index in [9.17, 15) is 8.42 Å². The number of aromatic nitrogens is 2. The number of aryl methyl sites for hydroxylation is 1. The van der Waals surface area contributed by atoms with Crippen LogP contribution in [-0.4, -0.2) is 35.9 Å². The van der Waals surface area contributed by atoms with Crippen LogP contribution in [0.4, 0.5) is 0 Å². The summed E-state index contributed by atoms with van der Waals surface area (Å²) in [4.78, 5) is 0.114. The summed E-state index contributed by atoms with van der Waals surface area (Å²) in [5.41, 5.74) is 0.177. The van der Waals surface area contributed by atoms with Gasteiger partial charge in [0.15, 0.2) is 0 Å². The van der Waals surface area contributed by atoms with Gasteiger partial charge in [-0.2, -0.15) is 13.5 Å². The first-order valence-electron chi connectivity index (χ1n) is 7.87. The van der Waals surface area contributed by atoms with E-state index in [1.807, 2.05) is 34.6 Å². The zero-order valence-electron chi connectivity index (χ0n) is 14.8. The lowest BCUT2D eigenvalue weighted by molar-refractivity contribution is 0.00578. The van der Waals surface area contributed by atoms with Crippen molar-refractivity contribution in [1.82, 2.24) is 9.19 Å². The van der Waals surface area contributed by atoms with Crippen LogP contribution < -0.4 is 5.59 Å². The molecule has 1 aromatic heterocycles. The molecule has 0 aliphatic carbocycles. The lowest BCUT2D eigenvalue weighted by Gasteiger charge is -2.32. The normalized spacial score (nSPS) is 19.4. The Morgan fingerprint density at radius 1 is 1.08 bits per heavy atom. The van der Waals surface area contributed by atoms with Gasteiger partial charge >= 0.3 is 7.12 Å². The van der Waals surface area contributed by atoms with E-state index in [0.29, 0.717) is 5.59 Å².